The summed E-state index contributed by atoms with van der Waals surface area (Å²) in [4.78, 5) is 29.8. The summed E-state index contributed by atoms with van der Waals surface area (Å²) in [5, 5.41) is 3.85. The second kappa shape index (κ2) is 7.98. The van der Waals surface area contributed by atoms with Gasteiger partial charge in [0.1, 0.15) is 11.6 Å². The van der Waals surface area contributed by atoms with E-state index >= 15 is 0 Å². The van der Waals surface area contributed by atoms with Gasteiger partial charge in [-0.2, -0.15) is 4.98 Å². The van der Waals surface area contributed by atoms with Gasteiger partial charge < -0.3 is 14.8 Å². The average molecular weight is 470 g/mol. The highest BCUT2D eigenvalue weighted by atomic mass is 35.5. The molecule has 0 radical (unpaired) electrons. The molecule has 1 atom stereocenters. The molecule has 172 valence electrons. The quantitative estimate of drug-likeness (QED) is 0.577. The van der Waals surface area contributed by atoms with Crippen molar-refractivity contribution in [2.75, 3.05) is 23.8 Å². The summed E-state index contributed by atoms with van der Waals surface area (Å²) in [6.07, 6.45) is 6.72. The van der Waals surface area contributed by atoms with E-state index in [-0.39, 0.29) is 23.8 Å². The molecule has 2 amide bonds. The Hall–Kier alpha value is -3.20. The van der Waals surface area contributed by atoms with Crippen molar-refractivity contribution in [1.29, 1.82) is 0 Å². The molecule has 1 N–H and O–H groups in total. The number of nitrogens with zero attached hydrogens (tertiary/aromatic N) is 6. The van der Waals surface area contributed by atoms with Crippen molar-refractivity contribution in [3.05, 3.63) is 59.5 Å². The van der Waals surface area contributed by atoms with Gasteiger partial charge in [-0.3, -0.25) is 4.90 Å². The maximum absolute atomic E-state index is 14.3. The van der Waals surface area contributed by atoms with Crippen LogP contribution in [0.5, 0.6) is 0 Å². The highest BCUT2D eigenvalue weighted by Crippen LogP contribution is 2.47. The van der Waals surface area contributed by atoms with Crippen molar-refractivity contribution in [1.82, 2.24) is 24.4 Å². The van der Waals surface area contributed by atoms with Crippen LogP contribution in [0.15, 0.2) is 43.0 Å². The summed E-state index contributed by atoms with van der Waals surface area (Å²) in [6, 6.07) is 6.15. The number of likely N-dealkylation sites (N-methyl/N-ethyl adjacent to an activating group) is 1. The van der Waals surface area contributed by atoms with Gasteiger partial charge in [-0.15, -0.1) is 0 Å². The van der Waals surface area contributed by atoms with Crippen LogP contribution in [0.4, 0.5) is 21.0 Å². The van der Waals surface area contributed by atoms with Gasteiger partial charge in [-0.25, -0.2) is 19.2 Å². The molecular formula is C23H25ClFN7O. The van der Waals surface area contributed by atoms with E-state index in [1.54, 1.807) is 52.3 Å². The van der Waals surface area contributed by atoms with Crippen molar-refractivity contribution in [2.45, 2.75) is 38.3 Å². The second-order valence-corrected chi connectivity index (χ2v) is 9.49. The fraction of sp³-hybridized carbons (Fsp3) is 0.391. The topological polar surface area (TPSA) is 79.2 Å². The number of hydrogen-bond acceptors (Lipinski definition) is 5. The minimum absolute atomic E-state index is 0.0448. The van der Waals surface area contributed by atoms with Crippen molar-refractivity contribution in [2.24, 2.45) is 5.92 Å². The number of hydrogen-bond donors (Lipinski definition) is 1. The molecule has 0 bridgehead atoms. The van der Waals surface area contributed by atoms with E-state index in [0.717, 1.165) is 18.5 Å². The van der Waals surface area contributed by atoms with E-state index in [4.69, 9.17) is 11.6 Å². The van der Waals surface area contributed by atoms with E-state index in [1.807, 2.05) is 0 Å². The van der Waals surface area contributed by atoms with Gasteiger partial charge in [0, 0.05) is 31.0 Å². The maximum atomic E-state index is 14.3. The first-order valence-electron chi connectivity index (χ1n) is 10.9. The molecule has 3 heterocycles. The van der Waals surface area contributed by atoms with Gasteiger partial charge in [0.2, 0.25) is 5.95 Å². The highest BCUT2D eigenvalue weighted by molar-refractivity contribution is 6.30. The van der Waals surface area contributed by atoms with E-state index in [9.17, 15) is 9.18 Å². The van der Waals surface area contributed by atoms with Gasteiger partial charge in [-0.05, 0) is 43.0 Å². The van der Waals surface area contributed by atoms with Crippen LogP contribution in [0.25, 0.3) is 5.69 Å². The highest BCUT2D eigenvalue weighted by Gasteiger charge is 2.47. The predicted molar refractivity (Wildman–Crippen MR) is 124 cm³/mol. The molecule has 10 heteroatoms. The maximum Gasteiger partial charge on any atom is 0.325 e. The molecule has 1 aliphatic heterocycles. The van der Waals surface area contributed by atoms with Crippen LogP contribution in [0.1, 0.15) is 32.4 Å². The zero-order valence-electron chi connectivity index (χ0n) is 18.7. The number of nitrogens with one attached hydrogen (secondary N) is 1. The summed E-state index contributed by atoms with van der Waals surface area (Å²) in [5.74, 6) is 0.911. The summed E-state index contributed by atoms with van der Waals surface area (Å²) in [7, 11) is 1.80. The molecule has 2 aromatic heterocycles. The number of rotatable bonds is 6. The molecular weight excluding hydrogens is 445 g/mol. The number of aromatic nitrogens is 4. The Bertz CT molecular complexity index is 1210. The Morgan fingerprint density at radius 2 is 2.03 bits per heavy atom. The number of amides is 2. The molecule has 1 saturated carbocycles. The lowest BCUT2D eigenvalue weighted by Crippen LogP contribution is -2.38. The van der Waals surface area contributed by atoms with Crippen molar-refractivity contribution >= 4 is 29.4 Å². The lowest BCUT2D eigenvalue weighted by molar-refractivity contribution is 0.229. The van der Waals surface area contributed by atoms with Gasteiger partial charge >= 0.3 is 6.03 Å². The van der Waals surface area contributed by atoms with E-state index in [2.05, 4.69) is 34.1 Å². The average Bonchev–Trinajstić information content (AvgIpc) is 3.25. The predicted octanol–water partition coefficient (Wildman–Crippen LogP) is 4.45. The van der Waals surface area contributed by atoms with Gasteiger partial charge in [0.25, 0.3) is 0 Å². The van der Waals surface area contributed by atoms with Crippen LogP contribution < -0.4 is 10.2 Å². The van der Waals surface area contributed by atoms with E-state index in [1.165, 1.54) is 12.1 Å². The van der Waals surface area contributed by atoms with Crippen LogP contribution in [-0.4, -0.2) is 50.1 Å². The monoisotopic (exact) mass is 469 g/mol. The number of imidazole rings is 1. The third-order valence-corrected chi connectivity index (χ3v) is 6.58. The van der Waals surface area contributed by atoms with Crippen LogP contribution >= 0.6 is 11.6 Å². The Balaban J connectivity index is 1.40. The molecule has 2 aliphatic rings. The summed E-state index contributed by atoms with van der Waals surface area (Å²) in [6.45, 7) is 4.86. The second-order valence-electron chi connectivity index (χ2n) is 9.05. The van der Waals surface area contributed by atoms with Crippen LogP contribution in [0, 0.1) is 11.7 Å². The molecule has 2 fully saturated rings. The number of benzene rings is 1. The lowest BCUT2D eigenvalue weighted by atomic mass is 10.0. The Labute approximate surface area is 196 Å². The molecule has 0 spiro atoms. The van der Waals surface area contributed by atoms with Crippen LogP contribution in [0.2, 0.25) is 5.02 Å². The molecule has 1 unspecified atom stereocenters. The fourth-order valence-corrected chi connectivity index (χ4v) is 4.42. The van der Waals surface area contributed by atoms with Crippen LogP contribution in [0.3, 0.4) is 0 Å². The molecule has 1 aromatic carbocycles. The summed E-state index contributed by atoms with van der Waals surface area (Å²) in [5.41, 5.74) is 0.682. The first-order chi connectivity index (χ1) is 15.8. The van der Waals surface area contributed by atoms with Gasteiger partial charge in [0.05, 0.1) is 29.3 Å². The van der Waals surface area contributed by atoms with E-state index < -0.39 is 5.54 Å². The molecule has 1 saturated heterocycles. The first-order valence-corrected chi connectivity index (χ1v) is 11.3. The normalized spacial score (nSPS) is 19.5. The molecule has 3 aromatic rings. The Kier molecular flexibility index (Phi) is 5.23. The van der Waals surface area contributed by atoms with E-state index in [0.29, 0.717) is 29.0 Å². The molecule has 33 heavy (non-hydrogen) atoms. The zero-order chi connectivity index (χ0) is 23.3. The fourth-order valence-electron chi connectivity index (χ4n) is 4.26. The van der Waals surface area contributed by atoms with Crippen LogP contribution in [-0.2, 0) is 5.54 Å². The standard InChI is InChI=1S/C23H25ClFN7O/c1-14(2)18-11-30(3)22(33)32(18)20-6-9-26-21(28-20)29-23(7-8-23)19-12-31(13-27-19)17-10-15(24)4-5-16(17)25/h4-6,9-10,12-14,18H,7-8,11H2,1-3H3,(H,26,28,29). The number of anilines is 2. The summed E-state index contributed by atoms with van der Waals surface area (Å²) < 4.78 is 15.9. The molecule has 1 aliphatic carbocycles. The minimum atomic E-state index is -0.428. The SMILES string of the molecule is CC(C)C1CN(C)C(=O)N1c1ccnc(NC2(c3cn(-c4cc(Cl)ccc4F)cn3)CC2)n1. The van der Waals surface area contributed by atoms with Crippen molar-refractivity contribution in [3.8, 4) is 5.69 Å². The smallest absolute Gasteiger partial charge is 0.325 e. The minimum Gasteiger partial charge on any atom is -0.343 e. The molecule has 5 rings (SSSR count). The van der Waals surface area contributed by atoms with Gasteiger partial charge in [0.15, 0.2) is 0 Å². The first kappa shape index (κ1) is 21.6. The lowest BCUT2D eigenvalue weighted by Gasteiger charge is -2.25. The Morgan fingerprint density at radius 1 is 1.24 bits per heavy atom. The number of urea groups is 1. The Morgan fingerprint density at radius 3 is 2.76 bits per heavy atom. The molecule has 8 nitrogen and oxygen atoms in total. The third-order valence-electron chi connectivity index (χ3n) is 6.34. The number of carbonyl (C=O) groups is 1. The third kappa shape index (κ3) is 3.90. The van der Waals surface area contributed by atoms with Gasteiger partial charge in [-0.1, -0.05) is 25.4 Å². The zero-order valence-corrected chi connectivity index (χ0v) is 19.4. The van der Waals surface area contributed by atoms with Crippen molar-refractivity contribution in [3.63, 3.8) is 0 Å². The largest absolute Gasteiger partial charge is 0.343 e. The summed E-state index contributed by atoms with van der Waals surface area (Å²) >= 11 is 6.04. The number of halogens is 2. The number of carbonyl (C=O) groups excluding carboxylic acids is 1. The van der Waals surface area contributed by atoms with Crippen molar-refractivity contribution < 1.29 is 9.18 Å².